The summed E-state index contributed by atoms with van der Waals surface area (Å²) in [7, 11) is 0. The van der Waals surface area contributed by atoms with Crippen LogP contribution in [0.5, 0.6) is 0 Å². The van der Waals surface area contributed by atoms with Gasteiger partial charge in [-0.15, -0.1) is 0 Å². The minimum absolute atomic E-state index is 0.103. The van der Waals surface area contributed by atoms with Crippen molar-refractivity contribution in [2.45, 2.75) is 40.7 Å². The van der Waals surface area contributed by atoms with E-state index in [2.05, 4.69) is 18.7 Å². The Morgan fingerprint density at radius 3 is 2.06 bits per heavy atom. The summed E-state index contributed by atoms with van der Waals surface area (Å²) in [5, 5.41) is 0. The average Bonchev–Trinajstić information content (AvgIpc) is 2.26. The van der Waals surface area contributed by atoms with Crippen molar-refractivity contribution in [1.29, 1.82) is 0 Å². The van der Waals surface area contributed by atoms with Gasteiger partial charge in [-0.3, -0.25) is 9.69 Å². The van der Waals surface area contributed by atoms with Crippen LogP contribution in [0.15, 0.2) is 0 Å². The second-order valence-electron chi connectivity index (χ2n) is 6.86. The van der Waals surface area contributed by atoms with Gasteiger partial charge in [-0.25, -0.2) is 0 Å². The van der Waals surface area contributed by atoms with Crippen molar-refractivity contribution in [2.24, 2.45) is 17.1 Å². The van der Waals surface area contributed by atoms with Crippen molar-refractivity contribution in [3.05, 3.63) is 0 Å². The molecule has 0 saturated carbocycles. The average molecular weight is 255 g/mol. The highest BCUT2D eigenvalue weighted by Gasteiger charge is 2.32. The lowest BCUT2D eigenvalue weighted by Gasteiger charge is -2.38. The predicted molar refractivity (Wildman–Crippen MR) is 75.3 cm³/mol. The summed E-state index contributed by atoms with van der Waals surface area (Å²) in [5.41, 5.74) is 5.88. The normalized spacial score (nSPS) is 20.3. The zero-order chi connectivity index (χ0) is 13.9. The van der Waals surface area contributed by atoms with Crippen molar-refractivity contribution in [2.75, 3.05) is 32.7 Å². The molecule has 0 unspecified atom stereocenters. The first-order valence-corrected chi connectivity index (χ1v) is 6.98. The highest BCUT2D eigenvalue weighted by Crippen LogP contribution is 2.19. The molecule has 2 N–H and O–H groups in total. The van der Waals surface area contributed by atoms with Crippen LogP contribution in [0.4, 0.5) is 0 Å². The quantitative estimate of drug-likeness (QED) is 0.823. The molecule has 4 nitrogen and oxygen atoms in total. The van der Waals surface area contributed by atoms with Gasteiger partial charge in [-0.1, -0.05) is 34.6 Å². The number of hydrogen-bond donors (Lipinski definition) is 1. The third-order valence-electron chi connectivity index (χ3n) is 3.51. The van der Waals surface area contributed by atoms with Gasteiger partial charge < -0.3 is 10.6 Å². The molecule has 1 atom stereocenters. The monoisotopic (exact) mass is 255 g/mol. The van der Waals surface area contributed by atoms with E-state index < -0.39 is 6.04 Å². The molecule has 1 heterocycles. The van der Waals surface area contributed by atoms with Crippen molar-refractivity contribution >= 4 is 5.91 Å². The predicted octanol–water partition coefficient (Wildman–Crippen LogP) is 1.16. The first-order chi connectivity index (χ1) is 8.21. The molecule has 0 bridgehead atoms. The molecule has 4 heteroatoms. The molecule has 1 fully saturated rings. The van der Waals surface area contributed by atoms with Crippen LogP contribution in [0.25, 0.3) is 0 Å². The Labute approximate surface area is 111 Å². The molecular weight excluding hydrogens is 226 g/mol. The Balaban J connectivity index is 2.45. The van der Waals surface area contributed by atoms with E-state index in [1.54, 1.807) is 0 Å². The maximum Gasteiger partial charge on any atom is 0.240 e. The summed E-state index contributed by atoms with van der Waals surface area (Å²) in [4.78, 5) is 16.6. The summed E-state index contributed by atoms with van der Waals surface area (Å²) in [5.74, 6) is 0.788. The Kier molecular flexibility index (Phi) is 5.17. The molecule has 0 aliphatic carbocycles. The molecule has 0 aromatic carbocycles. The fourth-order valence-electron chi connectivity index (χ4n) is 2.23. The number of carbonyl (C=O) groups excluding carboxylic acids is 1. The van der Waals surface area contributed by atoms with Crippen molar-refractivity contribution in [3.8, 4) is 0 Å². The molecule has 1 amide bonds. The third-order valence-corrected chi connectivity index (χ3v) is 3.51. The van der Waals surface area contributed by atoms with Gasteiger partial charge in [-0.2, -0.15) is 0 Å². The fraction of sp³-hybridized carbons (Fsp3) is 0.929. The number of nitrogens with zero attached hydrogens (tertiary/aromatic N) is 2. The molecule has 0 aromatic heterocycles. The number of piperazine rings is 1. The van der Waals surface area contributed by atoms with E-state index in [0.29, 0.717) is 5.92 Å². The van der Waals surface area contributed by atoms with Gasteiger partial charge >= 0.3 is 0 Å². The summed E-state index contributed by atoms with van der Waals surface area (Å²) in [6.07, 6.45) is 0. The number of nitrogens with two attached hydrogens (primary N) is 1. The summed E-state index contributed by atoms with van der Waals surface area (Å²) in [6.45, 7) is 15.2. The smallest absolute Gasteiger partial charge is 0.240 e. The Morgan fingerprint density at radius 2 is 1.67 bits per heavy atom. The Bertz CT molecular complexity index is 275. The van der Waals surface area contributed by atoms with E-state index in [1.807, 2.05) is 25.7 Å². The van der Waals surface area contributed by atoms with Crippen LogP contribution in [0, 0.1) is 11.3 Å². The van der Waals surface area contributed by atoms with Crippen LogP contribution >= 0.6 is 0 Å². The van der Waals surface area contributed by atoms with Gasteiger partial charge in [0, 0.05) is 32.7 Å². The largest absolute Gasteiger partial charge is 0.339 e. The third kappa shape index (κ3) is 4.25. The second-order valence-corrected chi connectivity index (χ2v) is 6.86. The maximum atomic E-state index is 12.3. The lowest BCUT2D eigenvalue weighted by molar-refractivity contribution is -0.136. The molecule has 1 rings (SSSR count). The van der Waals surface area contributed by atoms with E-state index in [-0.39, 0.29) is 11.3 Å². The molecule has 106 valence electrons. The molecule has 1 aliphatic heterocycles. The zero-order valence-electron chi connectivity index (χ0n) is 12.6. The van der Waals surface area contributed by atoms with Crippen LogP contribution in [0.3, 0.4) is 0 Å². The molecule has 18 heavy (non-hydrogen) atoms. The molecular formula is C14H29N3O. The number of carbonyl (C=O) groups is 1. The van der Waals surface area contributed by atoms with Crippen LogP contribution in [-0.2, 0) is 4.79 Å². The van der Waals surface area contributed by atoms with Gasteiger partial charge in [0.25, 0.3) is 0 Å². The molecule has 1 saturated heterocycles. The fourth-order valence-corrected chi connectivity index (χ4v) is 2.23. The number of rotatable bonds is 3. The van der Waals surface area contributed by atoms with E-state index >= 15 is 0 Å². The zero-order valence-corrected chi connectivity index (χ0v) is 12.6. The van der Waals surface area contributed by atoms with Gasteiger partial charge in [0.15, 0.2) is 0 Å². The highest BCUT2D eigenvalue weighted by atomic mass is 16.2. The summed E-state index contributed by atoms with van der Waals surface area (Å²) < 4.78 is 0. The van der Waals surface area contributed by atoms with E-state index in [9.17, 15) is 4.79 Å². The van der Waals surface area contributed by atoms with Crippen LogP contribution in [-0.4, -0.2) is 54.5 Å². The molecule has 0 spiro atoms. The molecule has 1 aliphatic rings. The highest BCUT2D eigenvalue weighted by molar-refractivity contribution is 5.82. The van der Waals surface area contributed by atoms with Crippen LogP contribution < -0.4 is 5.73 Å². The standard InChI is InChI=1S/C14H29N3O/c1-11(2)10-16-6-8-17(9-7-16)13(18)12(15)14(3,4)5/h11-12H,6-10,15H2,1-5H3/t12-/m0/s1. The lowest BCUT2D eigenvalue weighted by Crippen LogP contribution is -2.56. The van der Waals surface area contributed by atoms with E-state index in [1.165, 1.54) is 0 Å². The van der Waals surface area contributed by atoms with E-state index in [0.717, 1.165) is 32.7 Å². The van der Waals surface area contributed by atoms with Gasteiger partial charge in [0.1, 0.15) is 0 Å². The van der Waals surface area contributed by atoms with Gasteiger partial charge in [-0.05, 0) is 11.3 Å². The summed E-state index contributed by atoms with van der Waals surface area (Å²) in [6, 6.07) is -0.394. The Morgan fingerprint density at radius 1 is 1.17 bits per heavy atom. The SMILES string of the molecule is CC(C)CN1CCN(C(=O)[C@H](N)C(C)(C)C)CC1. The maximum absolute atomic E-state index is 12.3. The Hall–Kier alpha value is -0.610. The van der Waals surface area contributed by atoms with Crippen molar-refractivity contribution < 1.29 is 4.79 Å². The van der Waals surface area contributed by atoms with Crippen LogP contribution in [0.2, 0.25) is 0 Å². The lowest BCUT2D eigenvalue weighted by atomic mass is 9.86. The summed E-state index contributed by atoms with van der Waals surface area (Å²) >= 11 is 0. The minimum atomic E-state index is -0.394. The number of amides is 1. The molecule has 0 aromatic rings. The van der Waals surface area contributed by atoms with Gasteiger partial charge in [0.05, 0.1) is 6.04 Å². The second kappa shape index (κ2) is 6.02. The van der Waals surface area contributed by atoms with Crippen molar-refractivity contribution in [3.63, 3.8) is 0 Å². The minimum Gasteiger partial charge on any atom is -0.339 e. The first kappa shape index (κ1) is 15.4. The number of hydrogen-bond acceptors (Lipinski definition) is 3. The van der Waals surface area contributed by atoms with Crippen molar-refractivity contribution in [1.82, 2.24) is 9.80 Å². The van der Waals surface area contributed by atoms with Gasteiger partial charge in [0.2, 0.25) is 5.91 Å². The van der Waals surface area contributed by atoms with E-state index in [4.69, 9.17) is 5.73 Å². The topological polar surface area (TPSA) is 49.6 Å². The first-order valence-electron chi connectivity index (χ1n) is 6.98. The van der Waals surface area contributed by atoms with Crippen LogP contribution in [0.1, 0.15) is 34.6 Å². The molecule has 0 radical (unpaired) electrons.